The fourth-order valence-corrected chi connectivity index (χ4v) is 3.42. The number of nitrogens with one attached hydrogen (secondary N) is 1. The molecule has 0 amide bonds. The van der Waals surface area contributed by atoms with Crippen molar-refractivity contribution in [2.75, 3.05) is 13.6 Å². The first-order valence-electron chi connectivity index (χ1n) is 6.67. The molecule has 1 unspecified atom stereocenters. The Kier molecular flexibility index (Phi) is 6.64. The minimum absolute atomic E-state index is 0.279. The van der Waals surface area contributed by atoms with Crippen molar-refractivity contribution in [3.05, 3.63) is 34.3 Å². The Labute approximate surface area is 130 Å². The van der Waals surface area contributed by atoms with E-state index in [4.69, 9.17) is 0 Å². The van der Waals surface area contributed by atoms with Crippen molar-refractivity contribution < 1.29 is 8.42 Å². The SMILES string of the molecule is CC(C)NCC(C)S(=O)(=O)N(C)Cc1ccccc1Br. The first kappa shape index (κ1) is 17.6. The van der Waals surface area contributed by atoms with Gasteiger partial charge in [-0.15, -0.1) is 0 Å². The van der Waals surface area contributed by atoms with Gasteiger partial charge in [-0.25, -0.2) is 12.7 Å². The monoisotopic (exact) mass is 362 g/mol. The quantitative estimate of drug-likeness (QED) is 0.810. The van der Waals surface area contributed by atoms with E-state index in [9.17, 15) is 8.42 Å². The van der Waals surface area contributed by atoms with Crippen molar-refractivity contribution >= 4 is 26.0 Å². The molecule has 114 valence electrons. The molecular formula is C14H23BrN2O2S. The third-order valence-electron chi connectivity index (χ3n) is 3.11. The highest BCUT2D eigenvalue weighted by Crippen LogP contribution is 2.19. The Balaban J connectivity index is 2.74. The van der Waals surface area contributed by atoms with Crippen LogP contribution in [-0.2, 0) is 16.6 Å². The summed E-state index contributed by atoms with van der Waals surface area (Å²) < 4.78 is 27.2. The summed E-state index contributed by atoms with van der Waals surface area (Å²) in [5.41, 5.74) is 0.961. The van der Waals surface area contributed by atoms with Gasteiger partial charge in [-0.1, -0.05) is 48.0 Å². The third kappa shape index (κ3) is 4.84. The van der Waals surface area contributed by atoms with Crippen LogP contribution in [0.1, 0.15) is 26.3 Å². The predicted molar refractivity (Wildman–Crippen MR) is 87.1 cm³/mol. The van der Waals surface area contributed by atoms with Gasteiger partial charge in [0.15, 0.2) is 0 Å². The first-order chi connectivity index (χ1) is 9.25. The summed E-state index contributed by atoms with van der Waals surface area (Å²) in [5, 5.41) is 2.72. The van der Waals surface area contributed by atoms with E-state index in [1.54, 1.807) is 14.0 Å². The molecule has 0 aliphatic rings. The molecule has 0 saturated heterocycles. The molecule has 0 spiro atoms. The number of hydrogen-bond donors (Lipinski definition) is 1. The van der Waals surface area contributed by atoms with Gasteiger partial charge in [-0.05, 0) is 18.6 Å². The molecule has 1 aromatic rings. The largest absolute Gasteiger partial charge is 0.313 e. The van der Waals surface area contributed by atoms with Gasteiger partial charge < -0.3 is 5.32 Å². The second-order valence-corrected chi connectivity index (χ2v) is 8.58. The number of sulfonamides is 1. The zero-order chi connectivity index (χ0) is 15.3. The molecule has 0 fully saturated rings. The molecule has 0 bridgehead atoms. The van der Waals surface area contributed by atoms with Crippen molar-refractivity contribution in [1.29, 1.82) is 0 Å². The maximum atomic E-state index is 12.4. The average Bonchev–Trinajstić information content (AvgIpc) is 2.38. The molecule has 6 heteroatoms. The first-order valence-corrected chi connectivity index (χ1v) is 8.96. The maximum absolute atomic E-state index is 12.4. The fourth-order valence-electron chi connectivity index (χ4n) is 1.77. The number of rotatable bonds is 7. The van der Waals surface area contributed by atoms with Gasteiger partial charge >= 0.3 is 0 Å². The molecule has 0 aliphatic carbocycles. The third-order valence-corrected chi connectivity index (χ3v) is 6.06. The van der Waals surface area contributed by atoms with Gasteiger partial charge in [0.2, 0.25) is 10.0 Å². The summed E-state index contributed by atoms with van der Waals surface area (Å²) in [6.07, 6.45) is 0. The Morgan fingerprint density at radius 2 is 1.85 bits per heavy atom. The molecular weight excluding hydrogens is 340 g/mol. The molecule has 20 heavy (non-hydrogen) atoms. The summed E-state index contributed by atoms with van der Waals surface area (Å²) in [6, 6.07) is 7.94. The van der Waals surface area contributed by atoms with Crippen LogP contribution in [0.5, 0.6) is 0 Å². The van der Waals surface area contributed by atoms with E-state index in [1.807, 2.05) is 38.1 Å². The van der Waals surface area contributed by atoms with E-state index in [2.05, 4.69) is 21.2 Å². The van der Waals surface area contributed by atoms with Crippen LogP contribution in [0.25, 0.3) is 0 Å². The molecule has 4 nitrogen and oxygen atoms in total. The van der Waals surface area contributed by atoms with Crippen molar-refractivity contribution in [3.63, 3.8) is 0 Å². The maximum Gasteiger partial charge on any atom is 0.218 e. The lowest BCUT2D eigenvalue weighted by atomic mass is 10.2. The lowest BCUT2D eigenvalue weighted by Gasteiger charge is -2.23. The highest BCUT2D eigenvalue weighted by atomic mass is 79.9. The predicted octanol–water partition coefficient (Wildman–Crippen LogP) is 2.60. The molecule has 0 radical (unpaired) electrons. The molecule has 1 N–H and O–H groups in total. The van der Waals surface area contributed by atoms with Gasteiger partial charge in [0.1, 0.15) is 0 Å². The summed E-state index contributed by atoms with van der Waals surface area (Å²) in [5.74, 6) is 0. The van der Waals surface area contributed by atoms with Crippen LogP contribution in [0.3, 0.4) is 0 Å². The average molecular weight is 363 g/mol. The number of nitrogens with zero attached hydrogens (tertiary/aromatic N) is 1. The van der Waals surface area contributed by atoms with Crippen molar-refractivity contribution in [2.24, 2.45) is 0 Å². The van der Waals surface area contributed by atoms with Gasteiger partial charge in [0.25, 0.3) is 0 Å². The van der Waals surface area contributed by atoms with Crippen LogP contribution >= 0.6 is 15.9 Å². The van der Waals surface area contributed by atoms with E-state index < -0.39 is 15.3 Å². The molecule has 0 heterocycles. The van der Waals surface area contributed by atoms with E-state index in [0.717, 1.165) is 10.0 Å². The molecule has 1 rings (SSSR count). The zero-order valence-corrected chi connectivity index (χ0v) is 14.8. The molecule has 0 saturated carbocycles. The second kappa shape index (κ2) is 7.54. The lowest BCUT2D eigenvalue weighted by molar-refractivity contribution is 0.450. The van der Waals surface area contributed by atoms with Gasteiger partial charge in [0.05, 0.1) is 5.25 Å². The lowest BCUT2D eigenvalue weighted by Crippen LogP contribution is -2.41. The minimum Gasteiger partial charge on any atom is -0.313 e. The van der Waals surface area contributed by atoms with Gasteiger partial charge in [0, 0.05) is 30.7 Å². The van der Waals surface area contributed by atoms with E-state index in [-0.39, 0.29) is 6.04 Å². The standard InChI is InChI=1S/C14H23BrN2O2S/c1-11(2)16-9-12(3)20(18,19)17(4)10-13-7-5-6-8-14(13)15/h5-8,11-12,16H,9-10H2,1-4H3. The van der Waals surface area contributed by atoms with E-state index >= 15 is 0 Å². The van der Waals surface area contributed by atoms with Crippen LogP contribution in [0.4, 0.5) is 0 Å². The summed E-state index contributed by atoms with van der Waals surface area (Å²) >= 11 is 3.44. The Hall–Kier alpha value is -0.430. The van der Waals surface area contributed by atoms with Crippen LogP contribution in [-0.4, -0.2) is 37.6 Å². The second-order valence-electron chi connectivity index (χ2n) is 5.27. The van der Waals surface area contributed by atoms with Gasteiger partial charge in [-0.3, -0.25) is 0 Å². The summed E-state index contributed by atoms with van der Waals surface area (Å²) in [6.45, 7) is 6.57. The minimum atomic E-state index is -3.30. The molecule has 0 aromatic heterocycles. The summed E-state index contributed by atoms with van der Waals surface area (Å²) in [4.78, 5) is 0. The zero-order valence-electron chi connectivity index (χ0n) is 12.4. The highest BCUT2D eigenvalue weighted by Gasteiger charge is 2.26. The molecule has 0 aliphatic heterocycles. The fraction of sp³-hybridized carbons (Fsp3) is 0.571. The topological polar surface area (TPSA) is 49.4 Å². The smallest absolute Gasteiger partial charge is 0.218 e. The van der Waals surface area contributed by atoms with Crippen molar-refractivity contribution in [2.45, 2.75) is 38.6 Å². The Bertz CT molecular complexity index is 532. The number of benzene rings is 1. The van der Waals surface area contributed by atoms with E-state index in [0.29, 0.717) is 13.1 Å². The highest BCUT2D eigenvalue weighted by molar-refractivity contribution is 9.10. The molecule has 1 aromatic carbocycles. The van der Waals surface area contributed by atoms with Crippen LogP contribution in [0.15, 0.2) is 28.7 Å². The number of hydrogen-bond acceptors (Lipinski definition) is 3. The normalized spacial score (nSPS) is 13.9. The van der Waals surface area contributed by atoms with Crippen LogP contribution < -0.4 is 5.32 Å². The van der Waals surface area contributed by atoms with Crippen molar-refractivity contribution in [3.8, 4) is 0 Å². The summed E-state index contributed by atoms with van der Waals surface area (Å²) in [7, 11) is -1.67. The van der Waals surface area contributed by atoms with Crippen molar-refractivity contribution in [1.82, 2.24) is 9.62 Å². The molecule has 1 atom stereocenters. The van der Waals surface area contributed by atoms with Gasteiger partial charge in [-0.2, -0.15) is 0 Å². The Morgan fingerprint density at radius 3 is 2.40 bits per heavy atom. The van der Waals surface area contributed by atoms with Crippen LogP contribution in [0, 0.1) is 0 Å². The number of halogens is 1. The van der Waals surface area contributed by atoms with Crippen LogP contribution in [0.2, 0.25) is 0 Å². The Morgan fingerprint density at radius 1 is 1.25 bits per heavy atom. The van der Waals surface area contributed by atoms with E-state index in [1.165, 1.54) is 4.31 Å².